The zero-order valence-electron chi connectivity index (χ0n) is 13.7. The molecule has 0 aliphatic heterocycles. The molecule has 0 bridgehead atoms. The van der Waals surface area contributed by atoms with Crippen LogP contribution in [0.15, 0.2) is 6.33 Å². The maximum atomic E-state index is 12.0. The van der Waals surface area contributed by atoms with Crippen LogP contribution in [-0.4, -0.2) is 34.5 Å². The van der Waals surface area contributed by atoms with Crippen LogP contribution < -0.4 is 16.0 Å². The number of carbonyl (C=O) groups excluding carboxylic acids is 1. The Morgan fingerprint density at radius 2 is 1.86 bits per heavy atom. The summed E-state index contributed by atoms with van der Waals surface area (Å²) in [5.41, 5.74) is 1.03. The number of nitrogens with zero attached hydrogens (tertiary/aromatic N) is 2. The van der Waals surface area contributed by atoms with Crippen molar-refractivity contribution in [1.29, 1.82) is 0 Å². The van der Waals surface area contributed by atoms with Gasteiger partial charge in [-0.25, -0.2) is 9.97 Å². The van der Waals surface area contributed by atoms with Gasteiger partial charge in [0.2, 0.25) is 5.91 Å². The fraction of sp³-hybridized carbons (Fsp3) is 0.667. The van der Waals surface area contributed by atoms with E-state index in [9.17, 15) is 4.79 Å². The predicted octanol–water partition coefficient (Wildman–Crippen LogP) is 2.19. The fourth-order valence-corrected chi connectivity index (χ4v) is 2.02. The van der Waals surface area contributed by atoms with Gasteiger partial charge >= 0.3 is 0 Å². The van der Waals surface area contributed by atoms with Crippen LogP contribution in [0.1, 0.15) is 46.6 Å². The maximum absolute atomic E-state index is 12.0. The molecule has 0 saturated heterocycles. The van der Waals surface area contributed by atoms with Gasteiger partial charge in [0.15, 0.2) is 0 Å². The molecule has 0 spiro atoms. The topological polar surface area (TPSA) is 78.9 Å². The van der Waals surface area contributed by atoms with E-state index in [0.29, 0.717) is 0 Å². The Hall–Kier alpha value is -1.85. The van der Waals surface area contributed by atoms with Gasteiger partial charge < -0.3 is 16.0 Å². The van der Waals surface area contributed by atoms with Crippen LogP contribution in [0.5, 0.6) is 0 Å². The van der Waals surface area contributed by atoms with Crippen LogP contribution in [0.2, 0.25) is 0 Å². The molecule has 118 valence electrons. The van der Waals surface area contributed by atoms with E-state index in [1.54, 1.807) is 0 Å². The lowest BCUT2D eigenvalue weighted by Crippen LogP contribution is -2.41. The molecule has 1 unspecified atom stereocenters. The number of hydrogen-bond acceptors (Lipinski definition) is 5. The molecule has 1 amide bonds. The Morgan fingerprint density at radius 1 is 1.19 bits per heavy atom. The molecule has 21 heavy (non-hydrogen) atoms. The van der Waals surface area contributed by atoms with E-state index >= 15 is 0 Å². The van der Waals surface area contributed by atoms with Crippen molar-refractivity contribution in [3.8, 4) is 0 Å². The van der Waals surface area contributed by atoms with Gasteiger partial charge in [-0.3, -0.25) is 4.79 Å². The van der Waals surface area contributed by atoms with Crippen molar-refractivity contribution in [2.75, 3.05) is 17.2 Å². The monoisotopic (exact) mass is 293 g/mol. The largest absolute Gasteiger partial charge is 0.370 e. The number of anilines is 2. The van der Waals surface area contributed by atoms with E-state index in [0.717, 1.165) is 36.6 Å². The SMILES string of the molecule is CCCc1c(NCC)ncnc1NC(C)C(=O)NC(C)C. The smallest absolute Gasteiger partial charge is 0.242 e. The molecule has 0 aliphatic carbocycles. The number of nitrogens with one attached hydrogen (secondary N) is 3. The van der Waals surface area contributed by atoms with Crippen molar-refractivity contribution < 1.29 is 4.79 Å². The minimum Gasteiger partial charge on any atom is -0.370 e. The second-order valence-electron chi connectivity index (χ2n) is 5.36. The normalized spacial score (nSPS) is 12.1. The van der Waals surface area contributed by atoms with Crippen LogP contribution >= 0.6 is 0 Å². The summed E-state index contributed by atoms with van der Waals surface area (Å²) >= 11 is 0. The fourth-order valence-electron chi connectivity index (χ4n) is 2.02. The van der Waals surface area contributed by atoms with Gasteiger partial charge in [-0.2, -0.15) is 0 Å². The Labute approximate surface area is 127 Å². The average molecular weight is 293 g/mol. The molecule has 0 radical (unpaired) electrons. The van der Waals surface area contributed by atoms with Gasteiger partial charge in [-0.15, -0.1) is 0 Å². The third-order valence-corrected chi connectivity index (χ3v) is 2.97. The molecule has 1 heterocycles. The Balaban J connectivity index is 2.90. The van der Waals surface area contributed by atoms with Crippen LogP contribution in [-0.2, 0) is 11.2 Å². The van der Waals surface area contributed by atoms with Gasteiger partial charge in [0, 0.05) is 18.2 Å². The zero-order chi connectivity index (χ0) is 15.8. The lowest BCUT2D eigenvalue weighted by Gasteiger charge is -2.19. The molecule has 3 N–H and O–H groups in total. The van der Waals surface area contributed by atoms with E-state index in [2.05, 4.69) is 32.8 Å². The molecule has 0 aliphatic rings. The van der Waals surface area contributed by atoms with Gasteiger partial charge in [0.1, 0.15) is 24.0 Å². The molecule has 1 aromatic rings. The van der Waals surface area contributed by atoms with Crippen molar-refractivity contribution in [2.45, 2.75) is 59.5 Å². The van der Waals surface area contributed by atoms with Crippen molar-refractivity contribution in [3.05, 3.63) is 11.9 Å². The molecule has 1 rings (SSSR count). The van der Waals surface area contributed by atoms with Gasteiger partial charge in [0.25, 0.3) is 0 Å². The minimum absolute atomic E-state index is 0.0314. The molecule has 6 heteroatoms. The van der Waals surface area contributed by atoms with E-state index in [1.165, 1.54) is 6.33 Å². The molecule has 1 atom stereocenters. The van der Waals surface area contributed by atoms with Gasteiger partial charge in [-0.05, 0) is 34.1 Å². The van der Waals surface area contributed by atoms with Crippen molar-refractivity contribution in [2.24, 2.45) is 0 Å². The molecular weight excluding hydrogens is 266 g/mol. The second-order valence-corrected chi connectivity index (χ2v) is 5.36. The number of hydrogen-bond donors (Lipinski definition) is 3. The summed E-state index contributed by atoms with van der Waals surface area (Å²) in [5, 5.41) is 9.33. The predicted molar refractivity (Wildman–Crippen MR) is 86.6 cm³/mol. The van der Waals surface area contributed by atoms with E-state index < -0.39 is 0 Å². The lowest BCUT2D eigenvalue weighted by atomic mass is 10.1. The molecule has 6 nitrogen and oxygen atoms in total. The summed E-state index contributed by atoms with van der Waals surface area (Å²) in [4.78, 5) is 20.6. The lowest BCUT2D eigenvalue weighted by molar-refractivity contribution is -0.122. The highest BCUT2D eigenvalue weighted by molar-refractivity contribution is 5.84. The van der Waals surface area contributed by atoms with Crippen molar-refractivity contribution in [1.82, 2.24) is 15.3 Å². The number of amides is 1. The highest BCUT2D eigenvalue weighted by Crippen LogP contribution is 2.22. The summed E-state index contributed by atoms with van der Waals surface area (Å²) in [7, 11) is 0. The first-order valence-electron chi connectivity index (χ1n) is 7.64. The Bertz CT molecular complexity index is 461. The third-order valence-electron chi connectivity index (χ3n) is 2.97. The van der Waals surface area contributed by atoms with E-state index in [1.807, 2.05) is 27.7 Å². The number of rotatable bonds is 8. The molecule has 1 aromatic heterocycles. The maximum Gasteiger partial charge on any atom is 0.242 e. The van der Waals surface area contributed by atoms with Crippen molar-refractivity contribution in [3.63, 3.8) is 0 Å². The standard InChI is InChI=1S/C15H27N5O/c1-6-8-12-13(16-7-2)17-9-18-14(12)20-11(5)15(21)19-10(3)4/h9-11H,6-8H2,1-5H3,(H,19,21)(H2,16,17,18,20). The second kappa shape index (κ2) is 8.44. The summed E-state index contributed by atoms with van der Waals surface area (Å²) in [5.74, 6) is 1.54. The first kappa shape index (κ1) is 17.2. The highest BCUT2D eigenvalue weighted by Gasteiger charge is 2.17. The van der Waals surface area contributed by atoms with Gasteiger partial charge in [0.05, 0.1) is 0 Å². The van der Waals surface area contributed by atoms with E-state index in [-0.39, 0.29) is 18.0 Å². The Kier molecular flexibility index (Phi) is 6.91. The van der Waals surface area contributed by atoms with Crippen LogP contribution in [0.3, 0.4) is 0 Å². The minimum atomic E-state index is -0.340. The Morgan fingerprint density at radius 3 is 2.43 bits per heavy atom. The van der Waals surface area contributed by atoms with Crippen LogP contribution in [0, 0.1) is 0 Å². The molecule has 0 aromatic carbocycles. The van der Waals surface area contributed by atoms with Crippen LogP contribution in [0.4, 0.5) is 11.6 Å². The number of carbonyl (C=O) groups is 1. The summed E-state index contributed by atoms with van der Waals surface area (Å²) in [6, 6.07) is -0.216. The zero-order valence-corrected chi connectivity index (χ0v) is 13.7. The molecule has 0 fully saturated rings. The van der Waals surface area contributed by atoms with Crippen molar-refractivity contribution >= 4 is 17.5 Å². The van der Waals surface area contributed by atoms with Gasteiger partial charge in [-0.1, -0.05) is 13.3 Å². The first-order chi connectivity index (χ1) is 9.99. The van der Waals surface area contributed by atoms with Crippen LogP contribution in [0.25, 0.3) is 0 Å². The average Bonchev–Trinajstić information content (AvgIpc) is 2.41. The molecule has 0 saturated carbocycles. The first-order valence-corrected chi connectivity index (χ1v) is 7.64. The summed E-state index contributed by atoms with van der Waals surface area (Å²) < 4.78 is 0. The summed E-state index contributed by atoms with van der Waals surface area (Å²) in [6.07, 6.45) is 3.38. The highest BCUT2D eigenvalue weighted by atomic mass is 16.2. The summed E-state index contributed by atoms with van der Waals surface area (Å²) in [6.45, 7) is 10.7. The third kappa shape index (κ3) is 5.21. The number of aromatic nitrogens is 2. The van der Waals surface area contributed by atoms with E-state index in [4.69, 9.17) is 0 Å². The quantitative estimate of drug-likeness (QED) is 0.684. The molecular formula is C15H27N5O.